The van der Waals surface area contributed by atoms with Crippen molar-refractivity contribution < 1.29 is 4.79 Å². The lowest BCUT2D eigenvalue weighted by Crippen LogP contribution is -2.03. The summed E-state index contributed by atoms with van der Waals surface area (Å²) in [5, 5.41) is 3.81. The summed E-state index contributed by atoms with van der Waals surface area (Å²) in [6.07, 6.45) is 4.43. The van der Waals surface area contributed by atoms with E-state index < -0.39 is 0 Å². The third-order valence-electron chi connectivity index (χ3n) is 3.66. The molecular formula is C16H12N4O. The van der Waals surface area contributed by atoms with Crippen molar-refractivity contribution in [2.75, 3.05) is 5.32 Å². The Morgan fingerprint density at radius 1 is 1.14 bits per heavy atom. The molecule has 0 radical (unpaired) electrons. The van der Waals surface area contributed by atoms with Gasteiger partial charge in [-0.3, -0.25) is 4.79 Å². The molecule has 0 saturated carbocycles. The van der Waals surface area contributed by atoms with E-state index in [1.54, 1.807) is 12.5 Å². The van der Waals surface area contributed by atoms with Crippen LogP contribution in [0.4, 0.5) is 5.69 Å². The minimum Gasteiger partial charge on any atom is -0.326 e. The van der Waals surface area contributed by atoms with Crippen LogP contribution in [0.3, 0.4) is 0 Å². The van der Waals surface area contributed by atoms with E-state index in [9.17, 15) is 4.79 Å². The summed E-state index contributed by atoms with van der Waals surface area (Å²) in [4.78, 5) is 24.2. The van der Waals surface area contributed by atoms with Gasteiger partial charge in [-0.1, -0.05) is 12.1 Å². The van der Waals surface area contributed by atoms with Crippen LogP contribution >= 0.6 is 0 Å². The van der Waals surface area contributed by atoms with E-state index in [0.29, 0.717) is 18.5 Å². The predicted molar refractivity (Wildman–Crippen MR) is 78.9 cm³/mol. The average molecular weight is 276 g/mol. The fraction of sp³-hybridized carbons (Fsp3) is 0.125. The number of nitrogens with zero attached hydrogens (tertiary/aromatic N) is 3. The van der Waals surface area contributed by atoms with Crippen LogP contribution in [0.5, 0.6) is 0 Å². The first-order chi connectivity index (χ1) is 10.3. The quantitative estimate of drug-likeness (QED) is 0.778. The average Bonchev–Trinajstić information content (AvgIpc) is 2.87. The standard InChI is InChI=1S/C16H12N4O/c21-15-8-11-6-10(3-4-13(11)20-15)7-14-12-2-1-5-17-16(12)19-9-18-14/h1-6,9H,7-8H2,(H,20,21). The van der Waals surface area contributed by atoms with Crippen LogP contribution in [0.15, 0.2) is 42.9 Å². The molecule has 1 N–H and O–H groups in total. The van der Waals surface area contributed by atoms with Gasteiger partial charge in [-0.25, -0.2) is 15.0 Å². The van der Waals surface area contributed by atoms with Crippen molar-refractivity contribution in [3.63, 3.8) is 0 Å². The van der Waals surface area contributed by atoms with Gasteiger partial charge in [0, 0.05) is 23.7 Å². The highest BCUT2D eigenvalue weighted by atomic mass is 16.1. The molecule has 0 saturated heterocycles. The summed E-state index contributed by atoms with van der Waals surface area (Å²) >= 11 is 0. The molecule has 5 heteroatoms. The van der Waals surface area contributed by atoms with Gasteiger partial charge in [-0.05, 0) is 29.3 Å². The molecule has 1 aromatic carbocycles. The van der Waals surface area contributed by atoms with Gasteiger partial charge in [0.2, 0.25) is 5.91 Å². The summed E-state index contributed by atoms with van der Waals surface area (Å²) in [6, 6.07) is 9.92. The van der Waals surface area contributed by atoms with E-state index in [4.69, 9.17) is 0 Å². The minimum atomic E-state index is 0.0545. The number of anilines is 1. The van der Waals surface area contributed by atoms with Gasteiger partial charge in [0.1, 0.15) is 6.33 Å². The maximum absolute atomic E-state index is 11.4. The first kappa shape index (κ1) is 12.0. The number of hydrogen-bond acceptors (Lipinski definition) is 4. The van der Waals surface area contributed by atoms with Gasteiger partial charge in [0.05, 0.1) is 12.1 Å². The molecule has 1 aliphatic heterocycles. The molecule has 1 aliphatic rings. The Balaban J connectivity index is 1.72. The molecular weight excluding hydrogens is 264 g/mol. The smallest absolute Gasteiger partial charge is 0.228 e. The van der Waals surface area contributed by atoms with Crippen molar-refractivity contribution in [3.8, 4) is 0 Å². The predicted octanol–water partition coefficient (Wildman–Crippen LogP) is 2.11. The summed E-state index contributed by atoms with van der Waals surface area (Å²) in [5.41, 5.74) is 4.76. The Morgan fingerprint density at radius 2 is 2.10 bits per heavy atom. The van der Waals surface area contributed by atoms with Crippen molar-refractivity contribution >= 4 is 22.6 Å². The van der Waals surface area contributed by atoms with Crippen molar-refractivity contribution in [1.29, 1.82) is 0 Å². The molecule has 2 aromatic heterocycles. The maximum Gasteiger partial charge on any atom is 0.228 e. The van der Waals surface area contributed by atoms with Crippen molar-refractivity contribution in [2.24, 2.45) is 0 Å². The van der Waals surface area contributed by atoms with Crippen molar-refractivity contribution in [1.82, 2.24) is 15.0 Å². The third-order valence-corrected chi connectivity index (χ3v) is 3.66. The number of carbonyl (C=O) groups is 1. The van der Waals surface area contributed by atoms with E-state index in [-0.39, 0.29) is 5.91 Å². The molecule has 4 rings (SSSR count). The van der Waals surface area contributed by atoms with Gasteiger partial charge in [0.15, 0.2) is 5.65 Å². The molecule has 3 heterocycles. The number of fused-ring (bicyclic) bond motifs is 2. The highest BCUT2D eigenvalue weighted by Crippen LogP contribution is 2.25. The third kappa shape index (κ3) is 2.12. The van der Waals surface area contributed by atoms with Gasteiger partial charge in [0.25, 0.3) is 0 Å². The zero-order valence-electron chi connectivity index (χ0n) is 11.2. The van der Waals surface area contributed by atoms with Gasteiger partial charge in [-0.2, -0.15) is 0 Å². The highest BCUT2D eigenvalue weighted by Gasteiger charge is 2.17. The van der Waals surface area contributed by atoms with Crippen molar-refractivity contribution in [3.05, 3.63) is 59.7 Å². The van der Waals surface area contributed by atoms with E-state index in [0.717, 1.165) is 27.9 Å². The zero-order chi connectivity index (χ0) is 14.2. The second-order valence-electron chi connectivity index (χ2n) is 5.09. The first-order valence-electron chi connectivity index (χ1n) is 6.76. The zero-order valence-corrected chi connectivity index (χ0v) is 11.2. The van der Waals surface area contributed by atoms with Gasteiger partial charge >= 0.3 is 0 Å². The van der Waals surface area contributed by atoms with Crippen LogP contribution in [0, 0.1) is 0 Å². The van der Waals surface area contributed by atoms with Gasteiger partial charge < -0.3 is 5.32 Å². The number of amides is 1. The van der Waals surface area contributed by atoms with Crippen LogP contribution in [0.25, 0.3) is 11.0 Å². The Morgan fingerprint density at radius 3 is 3.05 bits per heavy atom. The topological polar surface area (TPSA) is 67.8 Å². The number of rotatable bonds is 2. The summed E-state index contributed by atoms with van der Waals surface area (Å²) in [5.74, 6) is 0.0545. The van der Waals surface area contributed by atoms with E-state index in [1.807, 2.05) is 24.3 Å². The fourth-order valence-corrected chi connectivity index (χ4v) is 2.67. The van der Waals surface area contributed by atoms with Crippen LogP contribution in [-0.2, 0) is 17.6 Å². The molecule has 0 aliphatic carbocycles. The van der Waals surface area contributed by atoms with Gasteiger partial charge in [-0.15, -0.1) is 0 Å². The van der Waals surface area contributed by atoms with Crippen LogP contribution in [-0.4, -0.2) is 20.9 Å². The highest BCUT2D eigenvalue weighted by molar-refractivity contribution is 5.99. The summed E-state index contributed by atoms with van der Waals surface area (Å²) in [7, 11) is 0. The second-order valence-corrected chi connectivity index (χ2v) is 5.09. The van der Waals surface area contributed by atoms with E-state index >= 15 is 0 Å². The Bertz CT molecular complexity index is 855. The molecule has 0 fully saturated rings. The van der Waals surface area contributed by atoms with Crippen LogP contribution in [0.2, 0.25) is 0 Å². The SMILES string of the molecule is O=C1Cc2cc(Cc3ncnc4ncccc34)ccc2N1. The van der Waals surface area contributed by atoms with E-state index in [1.165, 1.54) is 0 Å². The molecule has 0 unspecified atom stereocenters. The minimum absolute atomic E-state index is 0.0545. The number of nitrogens with one attached hydrogen (secondary N) is 1. The molecule has 5 nitrogen and oxygen atoms in total. The molecule has 1 amide bonds. The lowest BCUT2D eigenvalue weighted by molar-refractivity contribution is -0.115. The lowest BCUT2D eigenvalue weighted by Gasteiger charge is -2.06. The molecule has 0 atom stereocenters. The number of pyridine rings is 1. The Kier molecular flexibility index (Phi) is 2.64. The Labute approximate surface area is 121 Å². The summed E-state index contributed by atoms with van der Waals surface area (Å²) in [6.45, 7) is 0. The number of carbonyl (C=O) groups excluding carboxylic acids is 1. The van der Waals surface area contributed by atoms with Crippen molar-refractivity contribution in [2.45, 2.75) is 12.8 Å². The molecule has 0 bridgehead atoms. The maximum atomic E-state index is 11.4. The normalized spacial score (nSPS) is 13.2. The van der Waals surface area contributed by atoms with Crippen LogP contribution < -0.4 is 5.32 Å². The molecule has 0 spiro atoms. The monoisotopic (exact) mass is 276 g/mol. The second kappa shape index (κ2) is 4.63. The largest absolute Gasteiger partial charge is 0.326 e. The Hall–Kier alpha value is -2.82. The van der Waals surface area contributed by atoms with Crippen LogP contribution in [0.1, 0.15) is 16.8 Å². The first-order valence-corrected chi connectivity index (χ1v) is 6.76. The fourth-order valence-electron chi connectivity index (χ4n) is 2.67. The molecule has 21 heavy (non-hydrogen) atoms. The molecule has 102 valence electrons. The molecule has 3 aromatic rings. The number of hydrogen-bond donors (Lipinski definition) is 1. The number of aromatic nitrogens is 3. The van der Waals surface area contributed by atoms with E-state index in [2.05, 4.69) is 26.3 Å². The summed E-state index contributed by atoms with van der Waals surface area (Å²) < 4.78 is 0. The number of benzene rings is 1. The lowest BCUT2D eigenvalue weighted by atomic mass is 10.0.